The van der Waals surface area contributed by atoms with Gasteiger partial charge in [0.25, 0.3) is 0 Å². The Hall–Kier alpha value is -1.72. The molecule has 0 saturated heterocycles. The number of benzene rings is 2. The third-order valence-corrected chi connectivity index (χ3v) is 4.52. The maximum absolute atomic E-state index is 13.2. The van der Waals surface area contributed by atoms with Crippen LogP contribution in [0.15, 0.2) is 53.4 Å². The molecule has 1 N–H and O–H groups in total. The topological polar surface area (TPSA) is 46.2 Å². The molecule has 3 nitrogen and oxygen atoms in total. The first-order valence-electron chi connectivity index (χ1n) is 6.62. The van der Waals surface area contributed by atoms with Gasteiger partial charge in [-0.25, -0.2) is 12.8 Å². The molecule has 0 saturated carbocycles. The van der Waals surface area contributed by atoms with Crippen LogP contribution >= 0.6 is 0 Å². The molecule has 0 bridgehead atoms. The van der Waals surface area contributed by atoms with Crippen LogP contribution in [-0.4, -0.2) is 21.7 Å². The molecular formula is C16H18FNO2S. The summed E-state index contributed by atoms with van der Waals surface area (Å²) in [6.45, 7) is 0. The number of hydrogen-bond donors (Lipinski definition) is 1. The average Bonchev–Trinajstić information content (AvgIpc) is 2.44. The molecule has 0 spiro atoms. The summed E-state index contributed by atoms with van der Waals surface area (Å²) in [5, 5.41) is 3.17. The smallest absolute Gasteiger partial charge is 0.175 e. The summed E-state index contributed by atoms with van der Waals surface area (Å²) in [7, 11) is -1.36. The normalized spacial score (nSPS) is 13.1. The second-order valence-electron chi connectivity index (χ2n) is 5.02. The minimum atomic E-state index is -3.19. The van der Waals surface area contributed by atoms with Crippen molar-refractivity contribution >= 4 is 9.84 Å². The van der Waals surface area contributed by atoms with Crippen molar-refractivity contribution in [3.8, 4) is 0 Å². The zero-order valence-corrected chi connectivity index (χ0v) is 12.8. The van der Waals surface area contributed by atoms with Gasteiger partial charge in [0.15, 0.2) is 9.84 Å². The molecule has 0 heterocycles. The molecular weight excluding hydrogens is 289 g/mol. The highest BCUT2D eigenvalue weighted by Gasteiger charge is 2.12. The number of likely N-dealkylation sites (N-methyl/N-ethyl adjacent to an activating group) is 1. The van der Waals surface area contributed by atoms with Crippen LogP contribution in [0.3, 0.4) is 0 Å². The van der Waals surface area contributed by atoms with Crippen LogP contribution in [0.2, 0.25) is 0 Å². The first kappa shape index (κ1) is 15.7. The van der Waals surface area contributed by atoms with Crippen molar-refractivity contribution in [2.45, 2.75) is 17.4 Å². The first-order chi connectivity index (χ1) is 9.90. The monoisotopic (exact) mass is 307 g/mol. The van der Waals surface area contributed by atoms with Gasteiger partial charge in [0.1, 0.15) is 5.82 Å². The van der Waals surface area contributed by atoms with Gasteiger partial charge in [-0.2, -0.15) is 0 Å². The van der Waals surface area contributed by atoms with Crippen molar-refractivity contribution in [3.63, 3.8) is 0 Å². The van der Waals surface area contributed by atoms with Gasteiger partial charge in [-0.15, -0.1) is 0 Å². The van der Waals surface area contributed by atoms with E-state index in [4.69, 9.17) is 0 Å². The van der Waals surface area contributed by atoms with Crippen molar-refractivity contribution in [2.75, 3.05) is 13.3 Å². The Kier molecular flexibility index (Phi) is 4.75. The molecule has 2 aromatic rings. The predicted molar refractivity (Wildman–Crippen MR) is 81.5 cm³/mol. The van der Waals surface area contributed by atoms with Crippen LogP contribution in [0.4, 0.5) is 4.39 Å². The van der Waals surface area contributed by atoms with Crippen LogP contribution < -0.4 is 5.32 Å². The summed E-state index contributed by atoms with van der Waals surface area (Å²) in [4.78, 5) is 0.298. The van der Waals surface area contributed by atoms with E-state index in [1.165, 1.54) is 18.4 Å². The molecule has 2 rings (SSSR count). The highest BCUT2D eigenvalue weighted by molar-refractivity contribution is 7.90. The largest absolute Gasteiger partial charge is 0.313 e. The summed E-state index contributed by atoms with van der Waals surface area (Å²) in [6.07, 6.45) is 1.82. The molecule has 1 unspecified atom stereocenters. The van der Waals surface area contributed by atoms with Gasteiger partial charge in [-0.1, -0.05) is 24.3 Å². The molecule has 0 aliphatic heterocycles. The van der Waals surface area contributed by atoms with E-state index in [-0.39, 0.29) is 11.9 Å². The maximum atomic E-state index is 13.2. The van der Waals surface area contributed by atoms with Gasteiger partial charge in [0, 0.05) is 12.3 Å². The van der Waals surface area contributed by atoms with E-state index < -0.39 is 9.84 Å². The van der Waals surface area contributed by atoms with Crippen LogP contribution in [0.1, 0.15) is 17.2 Å². The molecule has 21 heavy (non-hydrogen) atoms. The van der Waals surface area contributed by atoms with Crippen LogP contribution in [0.5, 0.6) is 0 Å². The number of nitrogens with one attached hydrogen (secondary N) is 1. The van der Waals surface area contributed by atoms with Crippen LogP contribution in [0, 0.1) is 5.82 Å². The van der Waals surface area contributed by atoms with E-state index in [9.17, 15) is 12.8 Å². The van der Waals surface area contributed by atoms with Crippen molar-refractivity contribution < 1.29 is 12.8 Å². The number of hydrogen-bond acceptors (Lipinski definition) is 3. The minimum Gasteiger partial charge on any atom is -0.313 e. The third kappa shape index (κ3) is 4.12. The molecule has 5 heteroatoms. The first-order valence-corrected chi connectivity index (χ1v) is 8.51. The van der Waals surface area contributed by atoms with Crippen molar-refractivity contribution in [1.82, 2.24) is 5.32 Å². The van der Waals surface area contributed by atoms with Gasteiger partial charge in [0.05, 0.1) is 4.90 Å². The lowest BCUT2D eigenvalue weighted by Crippen LogP contribution is -2.19. The fraction of sp³-hybridized carbons (Fsp3) is 0.250. The summed E-state index contributed by atoms with van der Waals surface area (Å²) in [5.74, 6) is -0.255. The Morgan fingerprint density at radius 2 is 1.81 bits per heavy atom. The fourth-order valence-corrected chi connectivity index (χ4v) is 2.86. The number of halogens is 1. The Labute approximate surface area is 124 Å². The summed E-state index contributed by atoms with van der Waals surface area (Å²) in [5.41, 5.74) is 1.86. The second kappa shape index (κ2) is 6.37. The summed E-state index contributed by atoms with van der Waals surface area (Å²) < 4.78 is 36.1. The van der Waals surface area contributed by atoms with Gasteiger partial charge in [-0.3, -0.25) is 0 Å². The Balaban J connectivity index is 2.21. The van der Waals surface area contributed by atoms with E-state index in [2.05, 4.69) is 5.32 Å². The highest BCUT2D eigenvalue weighted by atomic mass is 32.2. The summed E-state index contributed by atoms with van der Waals surface area (Å²) >= 11 is 0. The molecule has 112 valence electrons. The second-order valence-corrected chi connectivity index (χ2v) is 7.03. The van der Waals surface area contributed by atoms with E-state index in [0.717, 1.165) is 11.1 Å². The van der Waals surface area contributed by atoms with Crippen molar-refractivity contribution in [2.24, 2.45) is 0 Å². The van der Waals surface area contributed by atoms with Gasteiger partial charge >= 0.3 is 0 Å². The molecule has 0 aliphatic carbocycles. The van der Waals surface area contributed by atoms with Gasteiger partial charge in [-0.05, 0) is 48.9 Å². The lowest BCUT2D eigenvalue weighted by Gasteiger charge is -2.17. The van der Waals surface area contributed by atoms with E-state index in [1.54, 1.807) is 30.3 Å². The lowest BCUT2D eigenvalue weighted by molar-refractivity contribution is 0.583. The molecule has 0 aliphatic rings. The van der Waals surface area contributed by atoms with Crippen molar-refractivity contribution in [3.05, 3.63) is 65.5 Å². The number of rotatable bonds is 5. The Morgan fingerprint density at radius 3 is 2.33 bits per heavy atom. The van der Waals surface area contributed by atoms with Gasteiger partial charge < -0.3 is 5.32 Å². The Morgan fingerprint density at radius 1 is 1.14 bits per heavy atom. The van der Waals surface area contributed by atoms with Crippen molar-refractivity contribution in [1.29, 1.82) is 0 Å². The zero-order valence-electron chi connectivity index (χ0n) is 12.0. The lowest BCUT2D eigenvalue weighted by atomic mass is 9.99. The zero-order chi connectivity index (χ0) is 15.5. The number of sulfone groups is 1. The van der Waals surface area contributed by atoms with E-state index >= 15 is 0 Å². The molecule has 0 radical (unpaired) electrons. The SMILES string of the molecule is CNC(Cc1cccc(F)c1)c1ccc(S(C)(=O)=O)cc1. The van der Waals surface area contributed by atoms with E-state index in [1.807, 2.05) is 13.1 Å². The predicted octanol–water partition coefficient (Wildman–Crippen LogP) is 2.73. The fourth-order valence-electron chi connectivity index (χ4n) is 2.23. The third-order valence-electron chi connectivity index (χ3n) is 3.39. The summed E-state index contributed by atoms with van der Waals surface area (Å²) in [6, 6.07) is 13.3. The average molecular weight is 307 g/mol. The highest BCUT2D eigenvalue weighted by Crippen LogP contribution is 2.20. The molecule has 0 fully saturated rings. The Bertz CT molecular complexity index is 711. The van der Waals surface area contributed by atoms with Crippen LogP contribution in [0.25, 0.3) is 0 Å². The maximum Gasteiger partial charge on any atom is 0.175 e. The molecule has 0 amide bonds. The van der Waals surface area contributed by atoms with E-state index in [0.29, 0.717) is 11.3 Å². The molecule has 0 aromatic heterocycles. The molecule has 2 aromatic carbocycles. The van der Waals surface area contributed by atoms with Gasteiger partial charge in [0.2, 0.25) is 0 Å². The quantitative estimate of drug-likeness (QED) is 0.924. The standard InChI is InChI=1S/C16H18FNO2S/c1-18-16(11-12-4-3-5-14(17)10-12)13-6-8-15(9-7-13)21(2,19)20/h3-10,16,18H,11H2,1-2H3. The van der Waals surface area contributed by atoms with Crippen LogP contribution in [-0.2, 0) is 16.3 Å². The minimum absolute atomic E-state index is 0.000380. The molecule has 1 atom stereocenters.